The number of rotatable bonds is 7. The Kier molecular flexibility index (Phi) is 5.56. The molecular formula is C24H23N3O2. The summed E-state index contributed by atoms with van der Waals surface area (Å²) in [7, 11) is 0. The number of nitrogens with one attached hydrogen (secondary N) is 1. The first kappa shape index (κ1) is 18.7. The molecule has 0 aliphatic carbocycles. The summed E-state index contributed by atoms with van der Waals surface area (Å²) in [6.07, 6.45) is 2.69. The molecule has 29 heavy (non-hydrogen) atoms. The fourth-order valence-electron chi connectivity index (χ4n) is 3.14. The molecule has 1 N–H and O–H groups in total. The summed E-state index contributed by atoms with van der Waals surface area (Å²) in [4.78, 5) is 16.6. The van der Waals surface area contributed by atoms with Crippen molar-refractivity contribution in [2.45, 2.75) is 20.0 Å². The molecule has 0 fully saturated rings. The number of imidazole rings is 1. The van der Waals surface area contributed by atoms with Crippen LogP contribution in [-0.2, 0) is 6.61 Å². The van der Waals surface area contributed by atoms with Gasteiger partial charge in [0.25, 0.3) is 5.91 Å². The van der Waals surface area contributed by atoms with E-state index in [-0.39, 0.29) is 5.91 Å². The van der Waals surface area contributed by atoms with E-state index in [4.69, 9.17) is 4.74 Å². The molecule has 0 unspecified atom stereocenters. The third-order valence-electron chi connectivity index (χ3n) is 4.71. The van der Waals surface area contributed by atoms with E-state index in [1.165, 1.54) is 0 Å². The van der Waals surface area contributed by atoms with Crippen molar-refractivity contribution in [3.05, 3.63) is 90.3 Å². The molecule has 0 spiro atoms. The van der Waals surface area contributed by atoms with Crippen LogP contribution < -0.4 is 10.1 Å². The molecule has 5 heteroatoms. The molecule has 1 heterocycles. The minimum Gasteiger partial charge on any atom is -0.489 e. The van der Waals surface area contributed by atoms with Gasteiger partial charge in [-0.05, 0) is 54.4 Å². The van der Waals surface area contributed by atoms with Gasteiger partial charge in [-0.15, -0.1) is 0 Å². The van der Waals surface area contributed by atoms with Crippen LogP contribution in [0, 0.1) is 0 Å². The van der Waals surface area contributed by atoms with Gasteiger partial charge in [-0.2, -0.15) is 0 Å². The smallest absolute Gasteiger partial charge is 0.251 e. The molecule has 0 radical (unpaired) electrons. The van der Waals surface area contributed by atoms with Gasteiger partial charge in [0.05, 0.1) is 11.0 Å². The lowest BCUT2D eigenvalue weighted by atomic mass is 10.2. The van der Waals surface area contributed by atoms with Crippen LogP contribution in [0.5, 0.6) is 5.75 Å². The Morgan fingerprint density at radius 3 is 2.59 bits per heavy atom. The molecule has 5 nitrogen and oxygen atoms in total. The largest absolute Gasteiger partial charge is 0.489 e. The van der Waals surface area contributed by atoms with Crippen molar-refractivity contribution in [2.24, 2.45) is 0 Å². The van der Waals surface area contributed by atoms with Gasteiger partial charge in [-0.25, -0.2) is 4.98 Å². The number of hydrogen-bond donors (Lipinski definition) is 1. The second-order valence-corrected chi connectivity index (χ2v) is 6.84. The maximum atomic E-state index is 12.2. The molecule has 0 saturated carbocycles. The quantitative estimate of drug-likeness (QED) is 0.500. The number of benzene rings is 3. The van der Waals surface area contributed by atoms with Gasteiger partial charge in [0.2, 0.25) is 0 Å². The lowest BCUT2D eigenvalue weighted by Crippen LogP contribution is -2.23. The van der Waals surface area contributed by atoms with Crippen LogP contribution in [0.25, 0.3) is 16.7 Å². The Morgan fingerprint density at radius 2 is 1.83 bits per heavy atom. The highest BCUT2D eigenvalue weighted by Gasteiger charge is 2.10. The highest BCUT2D eigenvalue weighted by atomic mass is 16.5. The third kappa shape index (κ3) is 4.29. The topological polar surface area (TPSA) is 56.2 Å². The summed E-state index contributed by atoms with van der Waals surface area (Å²) < 4.78 is 7.86. The maximum absolute atomic E-state index is 12.2. The van der Waals surface area contributed by atoms with Crippen LogP contribution in [0.2, 0.25) is 0 Å². The lowest BCUT2D eigenvalue weighted by Gasteiger charge is -2.09. The maximum Gasteiger partial charge on any atom is 0.251 e. The summed E-state index contributed by atoms with van der Waals surface area (Å²) in [6.45, 7) is 3.24. The number of carbonyl (C=O) groups is 1. The molecule has 4 rings (SSSR count). The van der Waals surface area contributed by atoms with Crippen LogP contribution in [-0.4, -0.2) is 22.0 Å². The van der Waals surface area contributed by atoms with E-state index in [9.17, 15) is 4.79 Å². The van der Waals surface area contributed by atoms with E-state index < -0.39 is 0 Å². The van der Waals surface area contributed by atoms with Gasteiger partial charge in [0, 0.05) is 17.8 Å². The lowest BCUT2D eigenvalue weighted by molar-refractivity contribution is 0.0954. The predicted octanol–water partition coefficient (Wildman–Crippen LogP) is 4.74. The fourth-order valence-corrected chi connectivity index (χ4v) is 3.14. The fraction of sp³-hybridized carbons (Fsp3) is 0.167. The normalized spacial score (nSPS) is 10.8. The zero-order valence-electron chi connectivity index (χ0n) is 16.3. The monoisotopic (exact) mass is 385 g/mol. The van der Waals surface area contributed by atoms with E-state index in [2.05, 4.69) is 10.3 Å². The third-order valence-corrected chi connectivity index (χ3v) is 4.71. The molecule has 0 aliphatic heterocycles. The van der Waals surface area contributed by atoms with Gasteiger partial charge in [0.15, 0.2) is 0 Å². The van der Waals surface area contributed by atoms with E-state index in [1.807, 2.05) is 84.3 Å². The van der Waals surface area contributed by atoms with Gasteiger partial charge in [-0.1, -0.05) is 37.3 Å². The summed E-state index contributed by atoms with van der Waals surface area (Å²) in [6, 6.07) is 23.6. The first-order chi connectivity index (χ1) is 14.2. The molecule has 0 aliphatic rings. The number of carbonyl (C=O) groups excluding carboxylic acids is 1. The number of hydrogen-bond acceptors (Lipinski definition) is 3. The van der Waals surface area contributed by atoms with Crippen molar-refractivity contribution in [1.82, 2.24) is 14.9 Å². The Balaban J connectivity index is 1.50. The summed E-state index contributed by atoms with van der Waals surface area (Å²) in [5.41, 5.74) is 4.49. The summed E-state index contributed by atoms with van der Waals surface area (Å²) in [5, 5.41) is 2.89. The van der Waals surface area contributed by atoms with E-state index >= 15 is 0 Å². The van der Waals surface area contributed by atoms with E-state index in [0.717, 1.165) is 34.5 Å². The van der Waals surface area contributed by atoms with Crippen molar-refractivity contribution in [3.63, 3.8) is 0 Å². The average molecular weight is 385 g/mol. The van der Waals surface area contributed by atoms with Crippen molar-refractivity contribution in [1.29, 1.82) is 0 Å². The number of fused-ring (bicyclic) bond motifs is 1. The first-order valence-corrected chi connectivity index (χ1v) is 9.77. The first-order valence-electron chi connectivity index (χ1n) is 9.77. The summed E-state index contributed by atoms with van der Waals surface area (Å²) >= 11 is 0. The van der Waals surface area contributed by atoms with Crippen molar-refractivity contribution in [2.75, 3.05) is 6.54 Å². The Labute approximate surface area is 170 Å². The van der Waals surface area contributed by atoms with Crippen molar-refractivity contribution in [3.8, 4) is 11.4 Å². The van der Waals surface area contributed by atoms with Crippen LogP contribution in [0.3, 0.4) is 0 Å². The van der Waals surface area contributed by atoms with Crippen LogP contribution in [0.4, 0.5) is 0 Å². The minimum absolute atomic E-state index is 0.0665. The standard InChI is InChI=1S/C24H23N3O2/c1-2-14-25-24(28)19-8-13-23-22(15-19)26-17-27(23)20-9-11-21(12-10-20)29-16-18-6-4-3-5-7-18/h3-13,15,17H,2,14,16H2,1H3,(H,25,28). The van der Waals surface area contributed by atoms with Crippen molar-refractivity contribution >= 4 is 16.9 Å². The van der Waals surface area contributed by atoms with E-state index in [0.29, 0.717) is 18.7 Å². The molecule has 1 amide bonds. The second-order valence-electron chi connectivity index (χ2n) is 6.84. The van der Waals surface area contributed by atoms with Crippen LogP contribution in [0.15, 0.2) is 79.1 Å². The Hall–Kier alpha value is -3.60. The molecule has 1 aromatic heterocycles. The second kappa shape index (κ2) is 8.61. The van der Waals surface area contributed by atoms with Gasteiger partial charge >= 0.3 is 0 Å². The number of amides is 1. The summed E-state index contributed by atoms with van der Waals surface area (Å²) in [5.74, 6) is 0.750. The highest BCUT2D eigenvalue weighted by molar-refractivity contribution is 5.97. The van der Waals surface area contributed by atoms with Gasteiger partial charge < -0.3 is 10.1 Å². The average Bonchev–Trinajstić information content (AvgIpc) is 3.20. The molecule has 4 aromatic rings. The van der Waals surface area contributed by atoms with Gasteiger partial charge in [-0.3, -0.25) is 9.36 Å². The number of nitrogens with zero attached hydrogens (tertiary/aromatic N) is 2. The van der Waals surface area contributed by atoms with E-state index in [1.54, 1.807) is 6.33 Å². The Morgan fingerprint density at radius 1 is 1.03 bits per heavy atom. The van der Waals surface area contributed by atoms with Gasteiger partial charge in [0.1, 0.15) is 18.7 Å². The number of aromatic nitrogens is 2. The highest BCUT2D eigenvalue weighted by Crippen LogP contribution is 2.22. The zero-order chi connectivity index (χ0) is 20.1. The SMILES string of the molecule is CCCNC(=O)c1ccc2c(c1)ncn2-c1ccc(OCc2ccccc2)cc1. The van der Waals surface area contributed by atoms with Crippen molar-refractivity contribution < 1.29 is 9.53 Å². The van der Waals surface area contributed by atoms with Crippen LogP contribution in [0.1, 0.15) is 29.3 Å². The van der Waals surface area contributed by atoms with Crippen LogP contribution >= 0.6 is 0 Å². The molecule has 3 aromatic carbocycles. The molecule has 0 bridgehead atoms. The predicted molar refractivity (Wildman–Crippen MR) is 114 cm³/mol. The molecule has 0 saturated heterocycles. The minimum atomic E-state index is -0.0665. The Bertz CT molecular complexity index is 1100. The zero-order valence-corrected chi connectivity index (χ0v) is 16.3. The molecular weight excluding hydrogens is 362 g/mol. The number of ether oxygens (including phenoxy) is 1. The molecule has 0 atom stereocenters. The molecule has 146 valence electrons.